The van der Waals surface area contributed by atoms with Crippen molar-refractivity contribution in [3.63, 3.8) is 0 Å². The summed E-state index contributed by atoms with van der Waals surface area (Å²) in [6.07, 6.45) is 2.85. The molecule has 5 nitrogen and oxygen atoms in total. The van der Waals surface area contributed by atoms with Gasteiger partial charge in [-0.1, -0.05) is 15.9 Å². The number of benzene rings is 2. The Balaban J connectivity index is 1.66. The minimum absolute atomic E-state index is 0.167. The van der Waals surface area contributed by atoms with Crippen LogP contribution in [-0.2, 0) is 0 Å². The van der Waals surface area contributed by atoms with Gasteiger partial charge in [-0.3, -0.25) is 4.79 Å². The Morgan fingerprint density at radius 3 is 2.21 bits per heavy atom. The standard InChI is InChI=1S/C17H12BrFN4O/c18-11-1-5-13(6-2-11)22-16-10-20-15(9-21-16)17(24)23-14-7-3-12(19)4-8-14/h1-10H,(H,21,22)(H,23,24). The summed E-state index contributed by atoms with van der Waals surface area (Å²) in [7, 11) is 0. The summed E-state index contributed by atoms with van der Waals surface area (Å²) in [5, 5.41) is 5.71. The number of nitrogens with one attached hydrogen (secondary N) is 2. The van der Waals surface area contributed by atoms with Crippen LogP contribution < -0.4 is 10.6 Å². The fraction of sp³-hybridized carbons (Fsp3) is 0. The molecule has 0 aliphatic rings. The zero-order valence-corrected chi connectivity index (χ0v) is 13.9. The number of halogens is 2. The lowest BCUT2D eigenvalue weighted by Crippen LogP contribution is -2.14. The van der Waals surface area contributed by atoms with Crippen LogP contribution in [0.3, 0.4) is 0 Å². The molecule has 120 valence electrons. The van der Waals surface area contributed by atoms with Crippen LogP contribution in [0.5, 0.6) is 0 Å². The van der Waals surface area contributed by atoms with Gasteiger partial charge in [-0.05, 0) is 48.5 Å². The van der Waals surface area contributed by atoms with E-state index in [1.54, 1.807) is 0 Å². The van der Waals surface area contributed by atoms with E-state index in [1.807, 2.05) is 24.3 Å². The summed E-state index contributed by atoms with van der Waals surface area (Å²) in [6.45, 7) is 0. The lowest BCUT2D eigenvalue weighted by Gasteiger charge is -2.07. The number of nitrogens with zero attached hydrogens (tertiary/aromatic N) is 2. The van der Waals surface area contributed by atoms with Crippen LogP contribution in [0, 0.1) is 5.82 Å². The van der Waals surface area contributed by atoms with Gasteiger partial charge in [-0.25, -0.2) is 14.4 Å². The van der Waals surface area contributed by atoms with E-state index >= 15 is 0 Å². The molecule has 24 heavy (non-hydrogen) atoms. The highest BCUT2D eigenvalue weighted by Crippen LogP contribution is 2.17. The topological polar surface area (TPSA) is 66.9 Å². The van der Waals surface area contributed by atoms with Crippen LogP contribution in [0.15, 0.2) is 65.4 Å². The molecule has 0 radical (unpaired) electrons. The number of carbonyl (C=O) groups is 1. The lowest BCUT2D eigenvalue weighted by molar-refractivity contribution is 0.102. The summed E-state index contributed by atoms with van der Waals surface area (Å²) >= 11 is 3.37. The number of aromatic nitrogens is 2. The fourth-order valence-corrected chi connectivity index (χ4v) is 2.18. The summed E-state index contributed by atoms with van der Waals surface area (Å²) in [5.74, 6) is -0.254. The second kappa shape index (κ2) is 7.18. The van der Waals surface area contributed by atoms with Gasteiger partial charge >= 0.3 is 0 Å². The largest absolute Gasteiger partial charge is 0.339 e. The van der Waals surface area contributed by atoms with Crippen molar-refractivity contribution >= 4 is 39.0 Å². The first kappa shape index (κ1) is 16.1. The minimum atomic E-state index is -0.413. The van der Waals surface area contributed by atoms with Crippen LogP contribution in [0.1, 0.15) is 10.5 Å². The first-order valence-corrected chi connectivity index (χ1v) is 7.81. The Morgan fingerprint density at radius 2 is 1.58 bits per heavy atom. The summed E-state index contributed by atoms with van der Waals surface area (Å²) < 4.78 is 13.8. The molecule has 2 aromatic carbocycles. The molecule has 3 aromatic rings. The van der Waals surface area contributed by atoms with Crippen LogP contribution in [0.4, 0.5) is 21.6 Å². The number of hydrogen-bond acceptors (Lipinski definition) is 4. The van der Waals surface area contributed by atoms with Crippen molar-refractivity contribution in [1.82, 2.24) is 9.97 Å². The molecule has 0 bridgehead atoms. The molecule has 7 heteroatoms. The Kier molecular flexibility index (Phi) is 4.81. The number of carbonyl (C=O) groups excluding carboxylic acids is 1. The number of anilines is 3. The maximum absolute atomic E-state index is 12.8. The second-order valence-electron chi connectivity index (χ2n) is 4.88. The Hall–Kier alpha value is -2.80. The van der Waals surface area contributed by atoms with Crippen molar-refractivity contribution in [3.8, 4) is 0 Å². The van der Waals surface area contributed by atoms with Crippen LogP contribution in [0.25, 0.3) is 0 Å². The van der Waals surface area contributed by atoms with Gasteiger partial charge in [0.05, 0.1) is 12.4 Å². The maximum Gasteiger partial charge on any atom is 0.275 e. The Morgan fingerprint density at radius 1 is 0.917 bits per heavy atom. The third kappa shape index (κ3) is 4.14. The van der Waals surface area contributed by atoms with Gasteiger partial charge in [0.2, 0.25) is 0 Å². The zero-order valence-electron chi connectivity index (χ0n) is 12.3. The Bertz CT molecular complexity index is 836. The van der Waals surface area contributed by atoms with Crippen molar-refractivity contribution in [2.45, 2.75) is 0 Å². The highest BCUT2D eigenvalue weighted by molar-refractivity contribution is 9.10. The predicted molar refractivity (Wildman–Crippen MR) is 93.8 cm³/mol. The normalized spacial score (nSPS) is 10.2. The van der Waals surface area contributed by atoms with E-state index in [9.17, 15) is 9.18 Å². The van der Waals surface area contributed by atoms with Gasteiger partial charge in [0.15, 0.2) is 0 Å². The number of hydrogen-bond donors (Lipinski definition) is 2. The highest BCUT2D eigenvalue weighted by Gasteiger charge is 2.08. The molecule has 1 aromatic heterocycles. The van der Waals surface area contributed by atoms with Crippen molar-refractivity contribution < 1.29 is 9.18 Å². The molecular weight excluding hydrogens is 375 g/mol. The smallest absolute Gasteiger partial charge is 0.275 e. The lowest BCUT2D eigenvalue weighted by atomic mass is 10.3. The summed E-state index contributed by atoms with van der Waals surface area (Å²) in [4.78, 5) is 20.3. The average molecular weight is 387 g/mol. The van der Waals surface area contributed by atoms with E-state index in [4.69, 9.17) is 0 Å². The highest BCUT2D eigenvalue weighted by atomic mass is 79.9. The molecule has 0 atom stereocenters. The van der Waals surface area contributed by atoms with E-state index in [0.29, 0.717) is 11.5 Å². The van der Waals surface area contributed by atoms with Gasteiger partial charge in [0.25, 0.3) is 5.91 Å². The first-order chi connectivity index (χ1) is 11.6. The van der Waals surface area contributed by atoms with Crippen LogP contribution in [-0.4, -0.2) is 15.9 Å². The van der Waals surface area contributed by atoms with E-state index in [0.717, 1.165) is 10.2 Å². The maximum atomic E-state index is 12.8. The molecule has 0 spiro atoms. The van der Waals surface area contributed by atoms with E-state index in [-0.39, 0.29) is 11.5 Å². The molecule has 1 amide bonds. The van der Waals surface area contributed by atoms with Gasteiger partial charge < -0.3 is 10.6 Å². The van der Waals surface area contributed by atoms with E-state index < -0.39 is 5.91 Å². The Labute approximate surface area is 146 Å². The molecule has 0 aliphatic carbocycles. The molecule has 0 saturated carbocycles. The molecule has 0 unspecified atom stereocenters. The van der Waals surface area contributed by atoms with Crippen molar-refractivity contribution in [2.24, 2.45) is 0 Å². The third-order valence-corrected chi connectivity index (χ3v) is 3.63. The number of amides is 1. The molecular formula is C17H12BrFN4O. The van der Waals surface area contributed by atoms with E-state index in [1.165, 1.54) is 36.7 Å². The van der Waals surface area contributed by atoms with Gasteiger partial charge in [-0.15, -0.1) is 0 Å². The van der Waals surface area contributed by atoms with E-state index in [2.05, 4.69) is 36.5 Å². The van der Waals surface area contributed by atoms with Gasteiger partial charge in [0, 0.05) is 15.8 Å². The molecule has 1 heterocycles. The second-order valence-corrected chi connectivity index (χ2v) is 5.80. The van der Waals surface area contributed by atoms with Crippen LogP contribution >= 0.6 is 15.9 Å². The first-order valence-electron chi connectivity index (χ1n) is 7.02. The summed E-state index contributed by atoms with van der Waals surface area (Å²) in [6, 6.07) is 13.1. The average Bonchev–Trinajstić information content (AvgIpc) is 2.59. The molecule has 2 N–H and O–H groups in total. The minimum Gasteiger partial charge on any atom is -0.339 e. The van der Waals surface area contributed by atoms with Crippen LogP contribution in [0.2, 0.25) is 0 Å². The zero-order chi connectivity index (χ0) is 16.9. The van der Waals surface area contributed by atoms with Gasteiger partial charge in [-0.2, -0.15) is 0 Å². The number of rotatable bonds is 4. The van der Waals surface area contributed by atoms with Gasteiger partial charge in [0.1, 0.15) is 17.3 Å². The molecule has 0 saturated heterocycles. The SMILES string of the molecule is O=C(Nc1ccc(F)cc1)c1cnc(Nc2ccc(Br)cc2)cn1. The fourth-order valence-electron chi connectivity index (χ4n) is 1.92. The quantitative estimate of drug-likeness (QED) is 0.698. The van der Waals surface area contributed by atoms with Crippen molar-refractivity contribution in [1.29, 1.82) is 0 Å². The molecule has 0 aliphatic heterocycles. The molecule has 0 fully saturated rings. The predicted octanol–water partition coefficient (Wildman–Crippen LogP) is 4.37. The van der Waals surface area contributed by atoms with Crippen molar-refractivity contribution in [2.75, 3.05) is 10.6 Å². The molecule has 3 rings (SSSR count). The summed E-state index contributed by atoms with van der Waals surface area (Å²) in [5.41, 5.74) is 1.51. The van der Waals surface area contributed by atoms with Crippen molar-refractivity contribution in [3.05, 3.63) is 76.9 Å². The third-order valence-electron chi connectivity index (χ3n) is 3.10. The monoisotopic (exact) mass is 386 g/mol.